The molecule has 3 heterocycles. The maximum Gasteiger partial charge on any atom is 0.347 e. The van der Waals surface area contributed by atoms with Crippen LogP contribution in [0.25, 0.3) is 16.6 Å². The van der Waals surface area contributed by atoms with Crippen LogP contribution >= 0.6 is 0 Å². The molecule has 0 aliphatic carbocycles. The number of fused-ring (bicyclic) bond motifs is 3. The first-order valence-electron chi connectivity index (χ1n) is 7.03. The Morgan fingerprint density at radius 3 is 3.00 bits per heavy atom. The number of aromatic nitrogens is 4. The van der Waals surface area contributed by atoms with Gasteiger partial charge >= 0.3 is 5.97 Å². The van der Waals surface area contributed by atoms with Crippen LogP contribution in [-0.4, -0.2) is 38.3 Å². The Morgan fingerprint density at radius 2 is 2.23 bits per heavy atom. The van der Waals surface area contributed by atoms with Gasteiger partial charge < -0.3 is 9.47 Å². The molecule has 0 bridgehead atoms. The van der Waals surface area contributed by atoms with E-state index >= 15 is 0 Å². The van der Waals surface area contributed by atoms with Crippen molar-refractivity contribution >= 4 is 22.5 Å². The predicted octanol–water partition coefficient (Wildman–Crippen LogP) is 1.92. The van der Waals surface area contributed by atoms with Crippen LogP contribution in [0.3, 0.4) is 0 Å². The van der Waals surface area contributed by atoms with Crippen LogP contribution in [0, 0.1) is 6.92 Å². The van der Waals surface area contributed by atoms with Gasteiger partial charge in [-0.3, -0.25) is 4.98 Å². The van der Waals surface area contributed by atoms with E-state index in [-0.39, 0.29) is 0 Å². The van der Waals surface area contributed by atoms with Crippen molar-refractivity contribution in [1.29, 1.82) is 0 Å². The highest BCUT2D eigenvalue weighted by Gasteiger charge is 2.18. The van der Waals surface area contributed by atoms with E-state index in [4.69, 9.17) is 9.47 Å². The number of rotatable bonds is 4. The molecule has 0 fully saturated rings. The molecule has 0 amide bonds. The Kier molecular flexibility index (Phi) is 3.62. The van der Waals surface area contributed by atoms with Gasteiger partial charge in [0.2, 0.25) is 5.88 Å². The fourth-order valence-corrected chi connectivity index (χ4v) is 2.21. The summed E-state index contributed by atoms with van der Waals surface area (Å²) in [6.45, 7) is 5.61. The van der Waals surface area contributed by atoms with E-state index < -0.39 is 12.1 Å². The maximum atomic E-state index is 11.6. The highest BCUT2D eigenvalue weighted by atomic mass is 16.6. The van der Waals surface area contributed by atoms with Gasteiger partial charge in [0.25, 0.3) is 0 Å². The van der Waals surface area contributed by atoms with Crippen LogP contribution in [0.5, 0.6) is 5.88 Å². The molecular formula is C15H16N4O3. The molecule has 1 unspecified atom stereocenters. The minimum absolute atomic E-state index is 0.316. The van der Waals surface area contributed by atoms with Crippen molar-refractivity contribution in [3.8, 4) is 5.88 Å². The van der Waals surface area contributed by atoms with Crippen molar-refractivity contribution in [1.82, 2.24) is 19.6 Å². The number of esters is 1. The average Bonchev–Trinajstić information content (AvgIpc) is 2.90. The third kappa shape index (κ3) is 2.45. The lowest BCUT2D eigenvalue weighted by Crippen LogP contribution is -2.26. The van der Waals surface area contributed by atoms with Gasteiger partial charge in [0.1, 0.15) is 0 Å². The van der Waals surface area contributed by atoms with Crippen molar-refractivity contribution < 1.29 is 14.3 Å². The molecule has 0 aliphatic heterocycles. The summed E-state index contributed by atoms with van der Waals surface area (Å²) < 4.78 is 12.1. The molecule has 7 heteroatoms. The number of carbonyl (C=O) groups is 1. The molecule has 22 heavy (non-hydrogen) atoms. The monoisotopic (exact) mass is 300 g/mol. The molecule has 0 saturated carbocycles. The summed E-state index contributed by atoms with van der Waals surface area (Å²) in [5, 5.41) is 5.28. The minimum Gasteiger partial charge on any atom is -0.463 e. The fourth-order valence-electron chi connectivity index (χ4n) is 2.21. The van der Waals surface area contributed by atoms with E-state index in [1.807, 2.05) is 13.0 Å². The Morgan fingerprint density at radius 1 is 1.41 bits per heavy atom. The number of hydrogen-bond donors (Lipinski definition) is 0. The van der Waals surface area contributed by atoms with Crippen molar-refractivity contribution in [2.24, 2.45) is 0 Å². The molecule has 0 aliphatic rings. The van der Waals surface area contributed by atoms with Crippen LogP contribution < -0.4 is 4.74 Å². The molecule has 0 aromatic carbocycles. The average molecular weight is 300 g/mol. The number of aryl methyl sites for hydroxylation is 1. The lowest BCUT2D eigenvalue weighted by molar-refractivity contribution is -0.150. The van der Waals surface area contributed by atoms with Crippen LogP contribution in [0.1, 0.15) is 19.5 Å². The summed E-state index contributed by atoms with van der Waals surface area (Å²) in [7, 11) is 0. The number of ether oxygens (including phenoxy) is 2. The SMILES string of the molecule is CCOC(=O)C(C)Oc1cc2ncc3c(C)nccc3n2n1. The fraction of sp³-hybridized carbons (Fsp3) is 0.333. The highest BCUT2D eigenvalue weighted by Crippen LogP contribution is 2.20. The van der Waals surface area contributed by atoms with E-state index in [0.29, 0.717) is 18.1 Å². The second-order valence-electron chi connectivity index (χ2n) is 4.85. The quantitative estimate of drug-likeness (QED) is 0.685. The summed E-state index contributed by atoms with van der Waals surface area (Å²) in [4.78, 5) is 20.2. The first kappa shape index (κ1) is 14.2. The first-order valence-corrected chi connectivity index (χ1v) is 7.03. The van der Waals surface area contributed by atoms with E-state index in [1.54, 1.807) is 36.8 Å². The van der Waals surface area contributed by atoms with Crippen LogP contribution in [0.2, 0.25) is 0 Å². The minimum atomic E-state index is -0.723. The maximum absolute atomic E-state index is 11.6. The van der Waals surface area contributed by atoms with E-state index in [1.165, 1.54) is 0 Å². The molecule has 0 radical (unpaired) electrons. The standard InChI is InChI=1S/C15H16N4O3/c1-4-21-15(20)10(3)22-14-7-13-17-8-11-9(2)16-6-5-12(11)19(13)18-14/h5-8,10H,4H2,1-3H3. The zero-order valence-electron chi connectivity index (χ0n) is 12.6. The summed E-state index contributed by atoms with van der Waals surface area (Å²) in [6, 6.07) is 3.55. The molecule has 3 aromatic rings. The smallest absolute Gasteiger partial charge is 0.347 e. The third-order valence-electron chi connectivity index (χ3n) is 3.30. The van der Waals surface area contributed by atoms with Crippen molar-refractivity contribution in [2.45, 2.75) is 26.9 Å². The zero-order valence-corrected chi connectivity index (χ0v) is 12.6. The Hall–Kier alpha value is -2.70. The highest BCUT2D eigenvalue weighted by molar-refractivity contribution is 5.82. The number of hydrogen-bond acceptors (Lipinski definition) is 6. The van der Waals surface area contributed by atoms with Gasteiger partial charge in [-0.15, -0.1) is 5.10 Å². The molecule has 1 atom stereocenters. The molecule has 3 rings (SSSR count). The van der Waals surface area contributed by atoms with Crippen LogP contribution in [0.15, 0.2) is 24.5 Å². The van der Waals surface area contributed by atoms with Crippen molar-refractivity contribution in [2.75, 3.05) is 6.61 Å². The molecule has 7 nitrogen and oxygen atoms in total. The van der Waals surface area contributed by atoms with Gasteiger partial charge in [-0.05, 0) is 26.8 Å². The van der Waals surface area contributed by atoms with Gasteiger partial charge in [0.15, 0.2) is 11.8 Å². The number of pyridine rings is 1. The topological polar surface area (TPSA) is 78.6 Å². The van der Waals surface area contributed by atoms with Crippen molar-refractivity contribution in [3.05, 3.63) is 30.2 Å². The number of carbonyl (C=O) groups excluding carboxylic acids is 1. The molecule has 114 valence electrons. The van der Waals surface area contributed by atoms with Gasteiger partial charge in [-0.1, -0.05) is 0 Å². The lowest BCUT2D eigenvalue weighted by Gasteiger charge is -2.10. The molecule has 0 spiro atoms. The van der Waals surface area contributed by atoms with Gasteiger partial charge in [0, 0.05) is 29.5 Å². The zero-order chi connectivity index (χ0) is 15.7. The van der Waals surface area contributed by atoms with Gasteiger partial charge in [0.05, 0.1) is 12.1 Å². The van der Waals surface area contributed by atoms with E-state index in [9.17, 15) is 4.79 Å². The second-order valence-corrected chi connectivity index (χ2v) is 4.85. The third-order valence-corrected chi connectivity index (χ3v) is 3.30. The molecule has 3 aromatic heterocycles. The summed E-state index contributed by atoms with van der Waals surface area (Å²) >= 11 is 0. The van der Waals surface area contributed by atoms with Gasteiger partial charge in [-0.2, -0.15) is 0 Å². The lowest BCUT2D eigenvalue weighted by atomic mass is 10.2. The normalized spacial score (nSPS) is 12.5. The Balaban J connectivity index is 1.98. The van der Waals surface area contributed by atoms with Crippen molar-refractivity contribution in [3.63, 3.8) is 0 Å². The Bertz CT molecular complexity index is 843. The number of nitrogens with zero attached hydrogens (tertiary/aromatic N) is 4. The Labute approximate surface area is 126 Å². The second kappa shape index (κ2) is 5.59. The summed E-state index contributed by atoms with van der Waals surface area (Å²) in [6.07, 6.45) is 2.76. The summed E-state index contributed by atoms with van der Waals surface area (Å²) in [5.74, 6) is -0.0903. The molecular weight excluding hydrogens is 284 g/mol. The molecule has 0 N–H and O–H groups in total. The largest absolute Gasteiger partial charge is 0.463 e. The predicted molar refractivity (Wildman–Crippen MR) is 79.7 cm³/mol. The molecule has 0 saturated heterocycles. The first-order chi connectivity index (χ1) is 10.6. The van der Waals surface area contributed by atoms with E-state index in [2.05, 4.69) is 15.1 Å². The van der Waals surface area contributed by atoms with E-state index in [0.717, 1.165) is 16.6 Å². The van der Waals surface area contributed by atoms with Crippen LogP contribution in [0.4, 0.5) is 0 Å². The van der Waals surface area contributed by atoms with Crippen LogP contribution in [-0.2, 0) is 9.53 Å². The summed E-state index contributed by atoms with van der Waals surface area (Å²) in [5.41, 5.74) is 2.41. The van der Waals surface area contributed by atoms with Gasteiger partial charge in [-0.25, -0.2) is 14.3 Å².